The molecule has 0 spiro atoms. The Labute approximate surface area is 131 Å². The van der Waals surface area contributed by atoms with Crippen LogP contribution in [0.15, 0.2) is 18.3 Å². The lowest BCUT2D eigenvalue weighted by Crippen LogP contribution is -2.14. The second kappa shape index (κ2) is 7.66. The first-order chi connectivity index (χ1) is 10.1. The first-order valence-electron chi connectivity index (χ1n) is 7.73. The van der Waals surface area contributed by atoms with Gasteiger partial charge < -0.3 is 5.32 Å². The van der Waals surface area contributed by atoms with Gasteiger partial charge in [-0.1, -0.05) is 26.8 Å². The van der Waals surface area contributed by atoms with E-state index in [9.17, 15) is 0 Å². The number of rotatable bonds is 7. The molecule has 0 fully saturated rings. The third-order valence-corrected chi connectivity index (χ3v) is 4.41. The summed E-state index contributed by atoms with van der Waals surface area (Å²) in [6.07, 6.45) is 4.04. The van der Waals surface area contributed by atoms with Crippen molar-refractivity contribution in [3.8, 4) is 10.7 Å². The molecule has 0 amide bonds. The Morgan fingerprint density at radius 3 is 2.81 bits per heavy atom. The van der Waals surface area contributed by atoms with E-state index >= 15 is 0 Å². The molecule has 0 atom stereocenters. The zero-order chi connectivity index (χ0) is 15.2. The highest BCUT2D eigenvalue weighted by molar-refractivity contribution is 7.15. The van der Waals surface area contributed by atoms with E-state index in [4.69, 9.17) is 4.98 Å². The summed E-state index contributed by atoms with van der Waals surface area (Å²) in [6.45, 7) is 10.7. The van der Waals surface area contributed by atoms with Crippen molar-refractivity contribution >= 4 is 11.3 Å². The van der Waals surface area contributed by atoms with Gasteiger partial charge in [-0.25, -0.2) is 4.98 Å². The standard InChI is InChI=1S/C17H25N3S/c1-5-8-18-11-15-14(10-12(2)3)20-17(21-15)16-13(4)7-6-9-19-16/h6-7,9,12,18H,5,8,10-11H2,1-4H3. The number of thiazole rings is 1. The predicted molar refractivity (Wildman–Crippen MR) is 90.6 cm³/mol. The number of pyridine rings is 1. The van der Waals surface area contributed by atoms with Crippen molar-refractivity contribution in [1.29, 1.82) is 0 Å². The van der Waals surface area contributed by atoms with Gasteiger partial charge in [-0.2, -0.15) is 0 Å². The Bertz CT molecular complexity index is 575. The maximum absolute atomic E-state index is 4.88. The summed E-state index contributed by atoms with van der Waals surface area (Å²) in [5, 5.41) is 4.55. The van der Waals surface area contributed by atoms with Crippen LogP contribution in [-0.4, -0.2) is 16.5 Å². The molecule has 2 aromatic rings. The van der Waals surface area contributed by atoms with Gasteiger partial charge in [-0.15, -0.1) is 11.3 Å². The van der Waals surface area contributed by atoms with E-state index in [2.05, 4.69) is 44.1 Å². The minimum absolute atomic E-state index is 0.620. The van der Waals surface area contributed by atoms with E-state index in [1.165, 1.54) is 16.1 Å². The van der Waals surface area contributed by atoms with Crippen molar-refractivity contribution in [2.24, 2.45) is 5.92 Å². The van der Waals surface area contributed by atoms with Crippen LogP contribution < -0.4 is 5.32 Å². The minimum Gasteiger partial charge on any atom is -0.312 e. The van der Waals surface area contributed by atoms with Crippen LogP contribution in [0.4, 0.5) is 0 Å². The molecule has 0 aliphatic heterocycles. The number of nitrogens with zero attached hydrogens (tertiary/aromatic N) is 2. The maximum atomic E-state index is 4.88. The van der Waals surface area contributed by atoms with Gasteiger partial charge in [-0.3, -0.25) is 4.98 Å². The Balaban J connectivity index is 2.28. The first-order valence-corrected chi connectivity index (χ1v) is 8.54. The highest BCUT2D eigenvalue weighted by atomic mass is 32.1. The van der Waals surface area contributed by atoms with Crippen molar-refractivity contribution in [3.05, 3.63) is 34.5 Å². The van der Waals surface area contributed by atoms with Gasteiger partial charge in [0.25, 0.3) is 0 Å². The summed E-state index contributed by atoms with van der Waals surface area (Å²) in [7, 11) is 0. The van der Waals surface area contributed by atoms with Crippen LogP contribution in [0.5, 0.6) is 0 Å². The van der Waals surface area contributed by atoms with Gasteiger partial charge in [0.05, 0.1) is 5.69 Å². The van der Waals surface area contributed by atoms with Crippen LogP contribution in [0.2, 0.25) is 0 Å². The fourth-order valence-electron chi connectivity index (χ4n) is 2.26. The van der Waals surface area contributed by atoms with Crippen molar-refractivity contribution < 1.29 is 0 Å². The molecule has 4 heteroatoms. The maximum Gasteiger partial charge on any atom is 0.142 e. The largest absolute Gasteiger partial charge is 0.312 e. The zero-order valence-corrected chi connectivity index (χ0v) is 14.3. The molecule has 2 heterocycles. The van der Waals surface area contributed by atoms with E-state index in [0.717, 1.165) is 36.6 Å². The minimum atomic E-state index is 0.620. The van der Waals surface area contributed by atoms with Crippen LogP contribution in [0, 0.1) is 12.8 Å². The fourth-order valence-corrected chi connectivity index (χ4v) is 3.38. The lowest BCUT2D eigenvalue weighted by Gasteiger charge is -2.05. The second-order valence-electron chi connectivity index (χ2n) is 5.83. The molecule has 0 bridgehead atoms. The SMILES string of the molecule is CCCNCc1sc(-c2ncccc2C)nc1CC(C)C. The highest BCUT2D eigenvalue weighted by Crippen LogP contribution is 2.30. The zero-order valence-electron chi connectivity index (χ0n) is 13.4. The molecule has 0 saturated heterocycles. The number of nitrogens with one attached hydrogen (secondary N) is 1. The average Bonchev–Trinajstić information content (AvgIpc) is 2.82. The fraction of sp³-hybridized carbons (Fsp3) is 0.529. The van der Waals surface area contributed by atoms with Gasteiger partial charge in [0.15, 0.2) is 0 Å². The van der Waals surface area contributed by atoms with Crippen molar-refractivity contribution in [3.63, 3.8) is 0 Å². The Morgan fingerprint density at radius 2 is 2.14 bits per heavy atom. The number of hydrogen-bond acceptors (Lipinski definition) is 4. The van der Waals surface area contributed by atoms with Crippen LogP contribution >= 0.6 is 11.3 Å². The Kier molecular flexibility index (Phi) is 5.88. The molecule has 0 radical (unpaired) electrons. The van der Waals surface area contributed by atoms with Crippen LogP contribution in [0.25, 0.3) is 10.7 Å². The first kappa shape index (κ1) is 16.1. The molecule has 3 nitrogen and oxygen atoms in total. The van der Waals surface area contributed by atoms with Gasteiger partial charge in [0.2, 0.25) is 0 Å². The Hall–Kier alpha value is -1.26. The van der Waals surface area contributed by atoms with E-state index in [0.29, 0.717) is 5.92 Å². The molecule has 2 aromatic heterocycles. The number of aromatic nitrogens is 2. The third kappa shape index (κ3) is 4.35. The van der Waals surface area contributed by atoms with Crippen LogP contribution in [0.1, 0.15) is 43.3 Å². The molecule has 114 valence electrons. The van der Waals surface area contributed by atoms with E-state index < -0.39 is 0 Å². The summed E-state index contributed by atoms with van der Waals surface area (Å²) in [4.78, 5) is 10.7. The number of aryl methyl sites for hydroxylation is 1. The average molecular weight is 303 g/mol. The molecule has 0 unspecified atom stereocenters. The van der Waals surface area contributed by atoms with Gasteiger partial charge >= 0.3 is 0 Å². The van der Waals surface area contributed by atoms with Gasteiger partial charge in [-0.05, 0) is 43.9 Å². The third-order valence-electron chi connectivity index (χ3n) is 3.30. The smallest absolute Gasteiger partial charge is 0.142 e. The van der Waals surface area contributed by atoms with Crippen LogP contribution in [0.3, 0.4) is 0 Å². The van der Waals surface area contributed by atoms with Crippen molar-refractivity contribution in [2.45, 2.75) is 47.1 Å². The molecule has 1 N–H and O–H groups in total. The second-order valence-corrected chi connectivity index (χ2v) is 6.92. The lowest BCUT2D eigenvalue weighted by atomic mass is 10.1. The Morgan fingerprint density at radius 1 is 1.33 bits per heavy atom. The molecule has 21 heavy (non-hydrogen) atoms. The quantitative estimate of drug-likeness (QED) is 0.779. The molecule has 0 aliphatic carbocycles. The molecule has 2 rings (SSSR count). The topological polar surface area (TPSA) is 37.8 Å². The normalized spacial score (nSPS) is 11.3. The van der Waals surface area contributed by atoms with Crippen molar-refractivity contribution in [2.75, 3.05) is 6.54 Å². The highest BCUT2D eigenvalue weighted by Gasteiger charge is 2.15. The lowest BCUT2D eigenvalue weighted by molar-refractivity contribution is 0.623. The van der Waals surface area contributed by atoms with Gasteiger partial charge in [0.1, 0.15) is 10.7 Å². The van der Waals surface area contributed by atoms with E-state index in [1.54, 1.807) is 11.3 Å². The summed E-state index contributed by atoms with van der Waals surface area (Å²) in [5.74, 6) is 0.620. The summed E-state index contributed by atoms with van der Waals surface area (Å²) in [6, 6.07) is 4.08. The van der Waals surface area contributed by atoms with Crippen LogP contribution in [-0.2, 0) is 13.0 Å². The molecule has 0 aliphatic rings. The predicted octanol–water partition coefficient (Wildman–Crippen LogP) is 4.21. The van der Waals surface area contributed by atoms with Crippen molar-refractivity contribution in [1.82, 2.24) is 15.3 Å². The molecular formula is C17H25N3S. The van der Waals surface area contributed by atoms with E-state index in [-0.39, 0.29) is 0 Å². The molecule has 0 aromatic carbocycles. The monoisotopic (exact) mass is 303 g/mol. The summed E-state index contributed by atoms with van der Waals surface area (Å²) in [5.41, 5.74) is 3.45. The van der Waals surface area contributed by atoms with E-state index in [1.807, 2.05) is 12.3 Å². The molecule has 0 saturated carbocycles. The number of hydrogen-bond donors (Lipinski definition) is 1. The van der Waals surface area contributed by atoms with Gasteiger partial charge in [0, 0.05) is 17.6 Å². The summed E-state index contributed by atoms with van der Waals surface area (Å²) >= 11 is 1.78. The summed E-state index contributed by atoms with van der Waals surface area (Å²) < 4.78 is 0. The molecular weight excluding hydrogens is 278 g/mol.